The molecule has 3 aromatic carbocycles. The van der Waals surface area contributed by atoms with Crippen molar-refractivity contribution in [2.45, 2.75) is 38.1 Å². The molecule has 2 atom stereocenters. The van der Waals surface area contributed by atoms with Gasteiger partial charge in [-0.25, -0.2) is 0 Å². The average molecular weight is 357 g/mol. The zero-order valence-electron chi connectivity index (χ0n) is 15.9. The van der Waals surface area contributed by atoms with Crippen molar-refractivity contribution in [2.24, 2.45) is 0 Å². The summed E-state index contributed by atoms with van der Waals surface area (Å²) in [6, 6.07) is 32.9. The third kappa shape index (κ3) is 3.83. The lowest BCUT2D eigenvalue weighted by atomic mass is 9.94. The van der Waals surface area contributed by atoms with Crippen LogP contribution in [0.1, 0.15) is 48.5 Å². The lowest BCUT2D eigenvalue weighted by Crippen LogP contribution is -2.36. The first kappa shape index (κ1) is 18.0. The van der Waals surface area contributed by atoms with Crippen LogP contribution in [0.2, 0.25) is 0 Å². The van der Waals surface area contributed by atoms with Gasteiger partial charge in [-0.05, 0) is 23.1 Å². The van der Waals surface area contributed by atoms with Crippen molar-refractivity contribution in [3.8, 4) is 0 Å². The molecule has 0 aromatic heterocycles. The van der Waals surface area contributed by atoms with Crippen LogP contribution in [-0.4, -0.2) is 17.7 Å². The zero-order chi connectivity index (χ0) is 18.5. The molecule has 0 aliphatic carbocycles. The highest BCUT2D eigenvalue weighted by Crippen LogP contribution is 2.42. The molecule has 0 radical (unpaired) electrons. The number of nitrogens with zero attached hydrogens (tertiary/aromatic N) is 1. The van der Waals surface area contributed by atoms with Gasteiger partial charge in [0.05, 0.1) is 18.7 Å². The van der Waals surface area contributed by atoms with Gasteiger partial charge >= 0.3 is 0 Å². The maximum Gasteiger partial charge on any atom is 0.112 e. The molecule has 0 spiro atoms. The van der Waals surface area contributed by atoms with Crippen LogP contribution in [-0.2, 0) is 4.74 Å². The van der Waals surface area contributed by atoms with Gasteiger partial charge in [-0.2, -0.15) is 0 Å². The molecule has 2 nitrogen and oxygen atoms in total. The van der Waals surface area contributed by atoms with E-state index < -0.39 is 0 Å². The Balaban J connectivity index is 1.81. The van der Waals surface area contributed by atoms with Crippen molar-refractivity contribution >= 4 is 0 Å². The van der Waals surface area contributed by atoms with Crippen LogP contribution in [0.3, 0.4) is 0 Å². The van der Waals surface area contributed by atoms with Crippen LogP contribution in [0.4, 0.5) is 0 Å². The molecule has 1 aliphatic heterocycles. The lowest BCUT2D eigenvalue weighted by molar-refractivity contribution is 0.00761. The Kier molecular flexibility index (Phi) is 5.66. The molecule has 4 rings (SSSR count). The summed E-state index contributed by atoms with van der Waals surface area (Å²) in [4.78, 5) is 2.59. The van der Waals surface area contributed by atoms with E-state index >= 15 is 0 Å². The van der Waals surface area contributed by atoms with E-state index in [2.05, 4.69) is 103 Å². The third-order valence-corrected chi connectivity index (χ3v) is 5.39. The number of ether oxygens (including phenoxy) is 1. The van der Waals surface area contributed by atoms with E-state index in [0.29, 0.717) is 0 Å². The van der Waals surface area contributed by atoms with Crippen molar-refractivity contribution in [1.29, 1.82) is 0 Å². The highest BCUT2D eigenvalue weighted by atomic mass is 16.5. The van der Waals surface area contributed by atoms with Gasteiger partial charge in [0.15, 0.2) is 0 Å². The van der Waals surface area contributed by atoms with Crippen molar-refractivity contribution in [2.75, 3.05) is 6.61 Å². The molecule has 1 saturated heterocycles. The fraction of sp³-hybridized carbons (Fsp3) is 0.280. The molecule has 0 unspecified atom stereocenters. The Morgan fingerprint density at radius 1 is 0.815 bits per heavy atom. The predicted octanol–water partition coefficient (Wildman–Crippen LogP) is 5.98. The van der Waals surface area contributed by atoms with Crippen LogP contribution >= 0.6 is 0 Å². The number of rotatable bonds is 6. The van der Waals surface area contributed by atoms with E-state index in [9.17, 15) is 0 Å². The Morgan fingerprint density at radius 3 is 1.85 bits per heavy atom. The number of hydrogen-bond acceptors (Lipinski definition) is 2. The Bertz CT molecular complexity index is 779. The van der Waals surface area contributed by atoms with Gasteiger partial charge in [0.1, 0.15) is 6.23 Å². The summed E-state index contributed by atoms with van der Waals surface area (Å²) in [6.07, 6.45) is 2.28. The highest BCUT2D eigenvalue weighted by Gasteiger charge is 2.40. The minimum atomic E-state index is 0.130. The first-order chi connectivity index (χ1) is 13.4. The second-order valence-electron chi connectivity index (χ2n) is 7.17. The molecule has 3 aromatic rings. The van der Waals surface area contributed by atoms with Crippen molar-refractivity contribution in [3.63, 3.8) is 0 Å². The molecular formula is C25H27NO. The van der Waals surface area contributed by atoms with Crippen molar-refractivity contribution in [1.82, 2.24) is 4.90 Å². The molecule has 0 saturated carbocycles. The fourth-order valence-electron chi connectivity index (χ4n) is 4.15. The Hall–Kier alpha value is -2.42. The van der Waals surface area contributed by atoms with E-state index in [4.69, 9.17) is 4.74 Å². The van der Waals surface area contributed by atoms with Gasteiger partial charge in [-0.15, -0.1) is 0 Å². The van der Waals surface area contributed by atoms with Crippen molar-refractivity contribution in [3.05, 3.63) is 108 Å². The van der Waals surface area contributed by atoms with E-state index in [1.54, 1.807) is 0 Å². The minimum Gasteiger partial charge on any atom is -0.361 e. The maximum absolute atomic E-state index is 6.32. The second kappa shape index (κ2) is 8.51. The van der Waals surface area contributed by atoms with Crippen LogP contribution < -0.4 is 0 Å². The molecule has 1 heterocycles. The van der Waals surface area contributed by atoms with Crippen LogP contribution in [0.25, 0.3) is 0 Å². The molecule has 27 heavy (non-hydrogen) atoms. The lowest BCUT2D eigenvalue weighted by Gasteiger charge is -2.36. The predicted molar refractivity (Wildman–Crippen MR) is 110 cm³/mol. The van der Waals surface area contributed by atoms with Crippen molar-refractivity contribution < 1.29 is 4.74 Å². The van der Waals surface area contributed by atoms with Gasteiger partial charge in [-0.1, -0.05) is 104 Å². The van der Waals surface area contributed by atoms with Gasteiger partial charge < -0.3 is 4.74 Å². The molecule has 0 bridgehead atoms. The topological polar surface area (TPSA) is 12.5 Å². The van der Waals surface area contributed by atoms with Gasteiger partial charge in [0.2, 0.25) is 0 Å². The van der Waals surface area contributed by atoms with E-state index in [1.165, 1.54) is 16.7 Å². The molecule has 1 aliphatic rings. The molecular weight excluding hydrogens is 330 g/mol. The van der Waals surface area contributed by atoms with Gasteiger partial charge in [-0.3, -0.25) is 4.90 Å². The fourth-order valence-corrected chi connectivity index (χ4v) is 4.15. The summed E-state index contributed by atoms with van der Waals surface area (Å²) in [7, 11) is 0. The van der Waals surface area contributed by atoms with E-state index in [0.717, 1.165) is 19.4 Å². The first-order valence-electron chi connectivity index (χ1n) is 9.92. The highest BCUT2D eigenvalue weighted by molar-refractivity contribution is 5.33. The maximum atomic E-state index is 6.32. The smallest absolute Gasteiger partial charge is 0.112 e. The standard InChI is InChI=1S/C25H27NO/c1-2-12-24-26(23(19-27-24)20-13-6-3-7-14-20)25(21-15-8-4-9-16-21)22-17-10-5-11-18-22/h3-11,13-18,23-25H,2,12,19H2,1H3/t23-,24+/m0/s1. The zero-order valence-corrected chi connectivity index (χ0v) is 15.9. The normalized spacial score (nSPS) is 20.2. The Morgan fingerprint density at radius 2 is 1.33 bits per heavy atom. The SMILES string of the molecule is CCC[C@H]1OC[C@@H](c2ccccc2)N1C(c1ccccc1)c1ccccc1. The molecule has 0 N–H and O–H groups in total. The Labute approximate surface area is 162 Å². The molecule has 2 heteroatoms. The first-order valence-corrected chi connectivity index (χ1v) is 9.92. The summed E-state index contributed by atoms with van der Waals surface area (Å²) >= 11 is 0. The largest absolute Gasteiger partial charge is 0.361 e. The van der Waals surface area contributed by atoms with Gasteiger partial charge in [0.25, 0.3) is 0 Å². The quantitative estimate of drug-likeness (QED) is 0.538. The second-order valence-corrected chi connectivity index (χ2v) is 7.17. The molecule has 0 amide bonds. The van der Waals surface area contributed by atoms with Gasteiger partial charge in [0, 0.05) is 0 Å². The van der Waals surface area contributed by atoms with E-state index in [-0.39, 0.29) is 18.3 Å². The molecule has 1 fully saturated rings. The monoisotopic (exact) mass is 357 g/mol. The van der Waals surface area contributed by atoms with E-state index in [1.807, 2.05) is 0 Å². The van der Waals surface area contributed by atoms with Crippen LogP contribution in [0, 0.1) is 0 Å². The average Bonchev–Trinajstić information content (AvgIpc) is 3.14. The number of hydrogen-bond donors (Lipinski definition) is 0. The molecule has 138 valence electrons. The van der Waals surface area contributed by atoms with Crippen LogP contribution in [0.5, 0.6) is 0 Å². The summed E-state index contributed by atoms with van der Waals surface area (Å²) in [5, 5.41) is 0. The number of benzene rings is 3. The van der Waals surface area contributed by atoms with Crippen LogP contribution in [0.15, 0.2) is 91.0 Å². The minimum absolute atomic E-state index is 0.130. The summed E-state index contributed by atoms with van der Waals surface area (Å²) in [5.41, 5.74) is 3.96. The summed E-state index contributed by atoms with van der Waals surface area (Å²) < 4.78 is 6.32. The summed E-state index contributed by atoms with van der Waals surface area (Å²) in [5.74, 6) is 0. The third-order valence-electron chi connectivity index (χ3n) is 5.39. The summed E-state index contributed by atoms with van der Waals surface area (Å²) in [6.45, 7) is 2.97.